The van der Waals surface area contributed by atoms with E-state index in [1.807, 2.05) is 13.8 Å². The Labute approximate surface area is 115 Å². The van der Waals surface area contributed by atoms with Gasteiger partial charge in [0.25, 0.3) is 0 Å². The first-order chi connectivity index (χ1) is 8.90. The van der Waals surface area contributed by atoms with Crippen LogP contribution in [0.15, 0.2) is 0 Å². The van der Waals surface area contributed by atoms with Gasteiger partial charge in [-0.1, -0.05) is 6.92 Å². The summed E-state index contributed by atoms with van der Waals surface area (Å²) in [4.78, 5) is 24.2. The van der Waals surface area contributed by atoms with Gasteiger partial charge < -0.3 is 20.1 Å². The van der Waals surface area contributed by atoms with Gasteiger partial charge in [0.05, 0.1) is 12.5 Å². The molecule has 0 aromatic carbocycles. The summed E-state index contributed by atoms with van der Waals surface area (Å²) in [6.07, 6.45) is 1.23. The topological polar surface area (TPSA) is 78.9 Å². The van der Waals surface area contributed by atoms with E-state index in [9.17, 15) is 9.59 Å². The van der Waals surface area contributed by atoms with Crippen LogP contribution in [0.5, 0.6) is 0 Å². The summed E-state index contributed by atoms with van der Waals surface area (Å²) in [6.45, 7) is 7.10. The molecule has 0 aromatic rings. The van der Waals surface area contributed by atoms with Crippen molar-refractivity contribution >= 4 is 12.0 Å². The number of carbonyl (C=O) groups excluding carboxylic acids is 1. The van der Waals surface area contributed by atoms with Gasteiger partial charge in [-0.3, -0.25) is 4.79 Å². The smallest absolute Gasteiger partial charge is 0.317 e. The molecule has 2 N–H and O–H groups in total. The van der Waals surface area contributed by atoms with Gasteiger partial charge in [0.1, 0.15) is 0 Å². The molecular weight excluding hydrogens is 248 g/mol. The molecule has 0 fully saturated rings. The third-order valence-corrected chi connectivity index (χ3v) is 2.93. The average Bonchev–Trinajstić information content (AvgIpc) is 2.34. The van der Waals surface area contributed by atoms with Gasteiger partial charge in [0, 0.05) is 26.2 Å². The fourth-order valence-corrected chi connectivity index (χ4v) is 1.61. The Bertz CT molecular complexity index is 282. The van der Waals surface area contributed by atoms with Crippen molar-refractivity contribution in [3.63, 3.8) is 0 Å². The lowest BCUT2D eigenvalue weighted by atomic mass is 10.1. The van der Waals surface area contributed by atoms with Gasteiger partial charge in [0.2, 0.25) is 0 Å². The number of ether oxygens (including phenoxy) is 1. The molecule has 112 valence electrons. The Morgan fingerprint density at radius 2 is 1.95 bits per heavy atom. The fourth-order valence-electron chi connectivity index (χ4n) is 1.61. The summed E-state index contributed by atoms with van der Waals surface area (Å²) in [7, 11) is 1.60. The number of urea groups is 1. The molecule has 0 radical (unpaired) electrons. The number of carboxylic acid groups (broad SMARTS) is 1. The second kappa shape index (κ2) is 9.61. The normalized spacial score (nSPS) is 12.3. The lowest BCUT2D eigenvalue weighted by Gasteiger charge is -2.26. The third kappa shape index (κ3) is 7.66. The number of hydrogen-bond donors (Lipinski definition) is 2. The zero-order valence-electron chi connectivity index (χ0n) is 12.3. The van der Waals surface area contributed by atoms with E-state index >= 15 is 0 Å². The first-order valence-electron chi connectivity index (χ1n) is 6.66. The molecule has 0 heterocycles. The maximum absolute atomic E-state index is 11.9. The second-order valence-corrected chi connectivity index (χ2v) is 4.89. The first-order valence-corrected chi connectivity index (χ1v) is 6.66. The number of amides is 2. The highest BCUT2D eigenvalue weighted by Crippen LogP contribution is 2.05. The molecule has 0 spiro atoms. The van der Waals surface area contributed by atoms with Crippen molar-refractivity contribution in [2.75, 3.05) is 26.8 Å². The zero-order chi connectivity index (χ0) is 14.8. The van der Waals surface area contributed by atoms with Crippen molar-refractivity contribution in [2.45, 2.75) is 39.7 Å². The summed E-state index contributed by atoms with van der Waals surface area (Å²) in [6, 6.07) is -0.0249. The van der Waals surface area contributed by atoms with Gasteiger partial charge >= 0.3 is 12.0 Å². The second-order valence-electron chi connectivity index (χ2n) is 4.89. The predicted octanol–water partition coefficient (Wildman–Crippen LogP) is 1.55. The van der Waals surface area contributed by atoms with Crippen molar-refractivity contribution in [1.29, 1.82) is 0 Å². The molecule has 6 heteroatoms. The summed E-state index contributed by atoms with van der Waals surface area (Å²) in [5, 5.41) is 11.5. The number of nitrogens with zero attached hydrogens (tertiary/aromatic N) is 1. The van der Waals surface area contributed by atoms with Gasteiger partial charge in [-0.15, -0.1) is 0 Å². The molecule has 0 aliphatic carbocycles. The minimum absolute atomic E-state index is 0.105. The Hall–Kier alpha value is -1.30. The molecule has 0 saturated heterocycles. The maximum atomic E-state index is 11.9. The fraction of sp³-hybridized carbons (Fsp3) is 0.846. The van der Waals surface area contributed by atoms with Crippen LogP contribution in [0.4, 0.5) is 4.79 Å². The average molecular weight is 274 g/mol. The highest BCUT2D eigenvalue weighted by molar-refractivity contribution is 5.74. The molecule has 1 unspecified atom stereocenters. The number of rotatable bonds is 9. The molecular formula is C13H26N2O4. The minimum Gasteiger partial charge on any atom is -0.481 e. The van der Waals surface area contributed by atoms with Crippen molar-refractivity contribution in [1.82, 2.24) is 10.2 Å². The van der Waals surface area contributed by atoms with Crippen LogP contribution in [0.25, 0.3) is 0 Å². The molecule has 0 saturated carbocycles. The lowest BCUT2D eigenvalue weighted by molar-refractivity contribution is -0.141. The molecule has 6 nitrogen and oxygen atoms in total. The van der Waals surface area contributed by atoms with Crippen molar-refractivity contribution in [3.05, 3.63) is 0 Å². The van der Waals surface area contributed by atoms with Crippen molar-refractivity contribution in [3.8, 4) is 0 Å². The number of hydrogen-bond acceptors (Lipinski definition) is 3. The maximum Gasteiger partial charge on any atom is 0.317 e. The van der Waals surface area contributed by atoms with Crippen molar-refractivity contribution in [2.24, 2.45) is 5.92 Å². The van der Waals surface area contributed by atoms with Crippen LogP contribution in [-0.4, -0.2) is 54.9 Å². The Kier molecular flexibility index (Phi) is 8.95. The van der Waals surface area contributed by atoms with E-state index in [-0.39, 0.29) is 18.0 Å². The molecule has 0 aromatic heterocycles. The highest BCUT2D eigenvalue weighted by Gasteiger charge is 2.16. The summed E-state index contributed by atoms with van der Waals surface area (Å²) in [5.41, 5.74) is 0. The molecule has 2 amide bonds. The quantitative estimate of drug-likeness (QED) is 0.625. The SMILES string of the molecule is COCCN(C(=O)NCCCC(C)C(=O)O)C(C)C. The van der Waals surface area contributed by atoms with Crippen LogP contribution in [0, 0.1) is 5.92 Å². The lowest BCUT2D eigenvalue weighted by Crippen LogP contribution is -2.45. The van der Waals surface area contributed by atoms with E-state index in [4.69, 9.17) is 9.84 Å². The van der Waals surface area contributed by atoms with Crippen LogP contribution in [0.1, 0.15) is 33.6 Å². The zero-order valence-corrected chi connectivity index (χ0v) is 12.3. The van der Waals surface area contributed by atoms with Gasteiger partial charge in [0.15, 0.2) is 0 Å². The van der Waals surface area contributed by atoms with E-state index in [0.29, 0.717) is 32.5 Å². The minimum atomic E-state index is -0.796. The van der Waals surface area contributed by atoms with Gasteiger partial charge in [-0.05, 0) is 26.7 Å². The third-order valence-electron chi connectivity index (χ3n) is 2.93. The molecule has 1 atom stereocenters. The summed E-state index contributed by atoms with van der Waals surface area (Å²) in [5.74, 6) is -1.16. The molecule has 19 heavy (non-hydrogen) atoms. The van der Waals surface area contributed by atoms with Crippen molar-refractivity contribution < 1.29 is 19.4 Å². The number of nitrogens with one attached hydrogen (secondary N) is 1. The number of carbonyl (C=O) groups is 2. The predicted molar refractivity (Wildman–Crippen MR) is 73.2 cm³/mol. The van der Waals surface area contributed by atoms with E-state index in [2.05, 4.69) is 5.32 Å². The van der Waals surface area contributed by atoms with E-state index in [1.54, 1.807) is 18.9 Å². The van der Waals surface area contributed by atoms with Crippen LogP contribution in [0.2, 0.25) is 0 Å². The summed E-state index contributed by atoms with van der Waals surface area (Å²) >= 11 is 0. The van der Waals surface area contributed by atoms with Crippen LogP contribution in [0.3, 0.4) is 0 Å². The van der Waals surface area contributed by atoms with E-state index < -0.39 is 5.97 Å². The molecule has 0 bridgehead atoms. The number of aliphatic carboxylic acids is 1. The van der Waals surface area contributed by atoms with E-state index in [0.717, 1.165) is 0 Å². The first kappa shape index (κ1) is 17.7. The Morgan fingerprint density at radius 1 is 1.32 bits per heavy atom. The molecule has 0 aliphatic heterocycles. The van der Waals surface area contributed by atoms with Gasteiger partial charge in [-0.25, -0.2) is 4.79 Å². The monoisotopic (exact) mass is 274 g/mol. The Morgan fingerprint density at radius 3 is 2.42 bits per heavy atom. The van der Waals surface area contributed by atoms with Crippen LogP contribution in [-0.2, 0) is 9.53 Å². The highest BCUT2D eigenvalue weighted by atomic mass is 16.5. The largest absolute Gasteiger partial charge is 0.481 e. The van der Waals surface area contributed by atoms with Crippen LogP contribution < -0.4 is 5.32 Å². The van der Waals surface area contributed by atoms with E-state index in [1.165, 1.54) is 0 Å². The molecule has 0 aliphatic rings. The number of methoxy groups -OCH3 is 1. The van der Waals surface area contributed by atoms with Crippen LogP contribution >= 0.6 is 0 Å². The Balaban J connectivity index is 3.96. The number of carboxylic acids is 1. The standard InChI is InChI=1S/C13H26N2O4/c1-10(2)15(8-9-19-4)13(18)14-7-5-6-11(3)12(16)17/h10-11H,5-9H2,1-4H3,(H,14,18)(H,16,17). The molecule has 0 rings (SSSR count). The summed E-state index contributed by atoms with van der Waals surface area (Å²) < 4.78 is 4.97. The van der Waals surface area contributed by atoms with Gasteiger partial charge in [-0.2, -0.15) is 0 Å².